The van der Waals surface area contributed by atoms with E-state index in [0.29, 0.717) is 45.9 Å². The first-order valence-corrected chi connectivity index (χ1v) is 11.2. The minimum absolute atomic E-state index is 0.232. The maximum atomic E-state index is 13.7. The molecule has 4 saturated carbocycles. The van der Waals surface area contributed by atoms with E-state index < -0.39 is 23.6 Å². The van der Waals surface area contributed by atoms with Crippen LogP contribution in [0.5, 0.6) is 0 Å². The molecule has 0 atom stereocenters. The fourth-order valence-corrected chi connectivity index (χ4v) is 6.67. The molecule has 2 aromatic carbocycles. The van der Waals surface area contributed by atoms with Gasteiger partial charge in [0.15, 0.2) is 0 Å². The molecule has 7 rings (SSSR count). The lowest BCUT2D eigenvalue weighted by Gasteiger charge is -2.51. The molecule has 3 nitrogen and oxygen atoms in total. The summed E-state index contributed by atoms with van der Waals surface area (Å²) in [6.45, 7) is 0. The van der Waals surface area contributed by atoms with Crippen LogP contribution in [-0.2, 0) is 14.3 Å². The number of cyclic esters (lactones) is 2. The third kappa shape index (κ3) is 3.06. The number of carbonyl (C=O) groups excluding carboxylic acids is 2. The van der Waals surface area contributed by atoms with Gasteiger partial charge in [-0.1, -0.05) is 24.3 Å². The van der Waals surface area contributed by atoms with Crippen LogP contribution in [0.2, 0.25) is 0 Å². The zero-order chi connectivity index (χ0) is 22.0. The fraction of sp³-hybridized carbons (Fsp3) is 0.333. The van der Waals surface area contributed by atoms with Crippen molar-refractivity contribution in [3.63, 3.8) is 0 Å². The minimum atomic E-state index is -0.685. The molecule has 0 N–H and O–H groups in total. The molecule has 4 aliphatic carbocycles. The van der Waals surface area contributed by atoms with E-state index in [1.54, 1.807) is 24.3 Å². The zero-order valence-corrected chi connectivity index (χ0v) is 17.4. The molecular weight excluding hydrogens is 410 g/mol. The van der Waals surface area contributed by atoms with Crippen LogP contribution in [0.15, 0.2) is 65.3 Å². The Morgan fingerprint density at radius 2 is 1.16 bits per heavy atom. The summed E-state index contributed by atoms with van der Waals surface area (Å²) in [5.41, 5.74) is 3.35. The summed E-state index contributed by atoms with van der Waals surface area (Å²) in [4.78, 5) is 26.1. The van der Waals surface area contributed by atoms with Gasteiger partial charge in [0, 0.05) is 5.57 Å². The van der Waals surface area contributed by atoms with Gasteiger partial charge < -0.3 is 4.74 Å². The molecule has 32 heavy (non-hydrogen) atoms. The molecule has 1 heterocycles. The number of carbonyl (C=O) groups is 2. The third-order valence-corrected chi connectivity index (χ3v) is 7.67. The van der Waals surface area contributed by atoms with Crippen molar-refractivity contribution in [2.24, 2.45) is 23.7 Å². The Balaban J connectivity index is 1.62. The van der Waals surface area contributed by atoms with Gasteiger partial charge in [-0.2, -0.15) is 0 Å². The summed E-state index contributed by atoms with van der Waals surface area (Å²) in [7, 11) is 0. The van der Waals surface area contributed by atoms with Crippen LogP contribution in [0.25, 0.3) is 5.57 Å². The van der Waals surface area contributed by atoms with Crippen molar-refractivity contribution < 1.29 is 23.1 Å². The quantitative estimate of drug-likeness (QED) is 0.352. The highest BCUT2D eigenvalue weighted by molar-refractivity contribution is 6.23. The molecule has 0 amide bonds. The number of esters is 2. The number of allylic oxidation sites excluding steroid dienone is 1. The van der Waals surface area contributed by atoms with Crippen LogP contribution in [0.4, 0.5) is 8.78 Å². The second-order valence-electron chi connectivity index (χ2n) is 9.58. The normalized spacial score (nSPS) is 28.5. The van der Waals surface area contributed by atoms with Crippen LogP contribution in [0.1, 0.15) is 43.2 Å². The lowest BCUT2D eigenvalue weighted by Crippen LogP contribution is -2.41. The van der Waals surface area contributed by atoms with Crippen molar-refractivity contribution in [1.82, 2.24) is 0 Å². The van der Waals surface area contributed by atoms with Crippen molar-refractivity contribution in [2.75, 3.05) is 0 Å². The largest absolute Gasteiger partial charge is 0.386 e. The van der Waals surface area contributed by atoms with Crippen molar-refractivity contribution in [1.29, 1.82) is 0 Å². The van der Waals surface area contributed by atoms with Gasteiger partial charge in [0.25, 0.3) is 0 Å². The number of rotatable bonds is 2. The molecular formula is C27H22F2O3. The summed E-state index contributed by atoms with van der Waals surface area (Å²) in [6, 6.07) is 11.6. The van der Waals surface area contributed by atoms with Gasteiger partial charge in [0.2, 0.25) is 0 Å². The molecule has 5 fully saturated rings. The first kappa shape index (κ1) is 19.6. The Bertz CT molecular complexity index is 1110. The van der Waals surface area contributed by atoms with Gasteiger partial charge in [0.1, 0.15) is 11.6 Å². The average Bonchev–Trinajstić information content (AvgIpc) is 3.04. The Hall–Kier alpha value is -3.08. The standard InChI is InChI=1S/C27H22F2O3/c28-20-5-1-16(2-6-20)22(17-3-7-21(29)8-4-17)24-25(27(31)32-26(24)30)23-18-10-14-9-15(12-18)13-19(23)11-14/h1-8,14-15,18-19H,9-13H2. The highest BCUT2D eigenvalue weighted by atomic mass is 19.1. The van der Waals surface area contributed by atoms with Crippen LogP contribution in [0.3, 0.4) is 0 Å². The lowest BCUT2D eigenvalue weighted by atomic mass is 9.53. The summed E-state index contributed by atoms with van der Waals surface area (Å²) >= 11 is 0. The predicted octanol–water partition coefficient (Wildman–Crippen LogP) is 5.60. The van der Waals surface area contributed by atoms with E-state index in [2.05, 4.69) is 0 Å². The van der Waals surface area contributed by atoms with Crippen molar-refractivity contribution in [3.05, 3.63) is 88.0 Å². The summed E-state index contributed by atoms with van der Waals surface area (Å²) < 4.78 is 32.5. The molecule has 162 valence electrons. The smallest absolute Gasteiger partial charge is 0.347 e. The highest BCUT2D eigenvalue weighted by Crippen LogP contribution is 2.58. The van der Waals surface area contributed by atoms with Gasteiger partial charge in [0.05, 0.1) is 11.1 Å². The first-order valence-electron chi connectivity index (χ1n) is 11.2. The average molecular weight is 432 g/mol. The monoisotopic (exact) mass is 432 g/mol. The van der Waals surface area contributed by atoms with E-state index in [4.69, 9.17) is 4.74 Å². The SMILES string of the molecule is O=C1OC(=O)C(=C2C3CC4CC(C3)CC2C4)C1=C(c1ccc(F)cc1)c1ccc(F)cc1. The van der Waals surface area contributed by atoms with Crippen LogP contribution in [-0.4, -0.2) is 11.9 Å². The fourth-order valence-electron chi connectivity index (χ4n) is 6.67. The molecule has 5 aliphatic rings. The van der Waals surface area contributed by atoms with Crippen molar-refractivity contribution in [2.45, 2.75) is 32.1 Å². The molecule has 0 aromatic heterocycles. The first-order chi connectivity index (χ1) is 15.5. The third-order valence-electron chi connectivity index (χ3n) is 7.67. The summed E-state index contributed by atoms with van der Waals surface area (Å²) in [5, 5.41) is 0. The molecule has 0 radical (unpaired) electrons. The molecule has 1 aliphatic heterocycles. The van der Waals surface area contributed by atoms with Gasteiger partial charge in [-0.3, -0.25) is 0 Å². The highest BCUT2D eigenvalue weighted by Gasteiger charge is 2.50. The van der Waals surface area contributed by atoms with Gasteiger partial charge in [-0.05, 0) is 96.7 Å². The van der Waals surface area contributed by atoms with Crippen LogP contribution in [0, 0.1) is 35.3 Å². The topological polar surface area (TPSA) is 43.4 Å². The van der Waals surface area contributed by atoms with Gasteiger partial charge >= 0.3 is 11.9 Å². The second kappa shape index (κ2) is 7.22. The van der Waals surface area contributed by atoms with E-state index in [-0.39, 0.29) is 5.57 Å². The summed E-state index contributed by atoms with van der Waals surface area (Å²) in [6.07, 6.45) is 5.51. The second-order valence-corrected chi connectivity index (χ2v) is 9.58. The van der Waals surface area contributed by atoms with E-state index >= 15 is 0 Å². The number of halogens is 2. The van der Waals surface area contributed by atoms with Crippen molar-refractivity contribution >= 4 is 17.5 Å². The molecule has 4 bridgehead atoms. The Morgan fingerprint density at radius 3 is 1.62 bits per heavy atom. The molecule has 5 heteroatoms. The summed E-state index contributed by atoms with van der Waals surface area (Å²) in [5.74, 6) is -0.0603. The number of ether oxygens (including phenoxy) is 1. The van der Waals surface area contributed by atoms with E-state index in [1.807, 2.05) is 0 Å². The van der Waals surface area contributed by atoms with Crippen LogP contribution >= 0.6 is 0 Å². The Kier molecular flexibility index (Phi) is 4.42. The van der Waals surface area contributed by atoms with E-state index in [9.17, 15) is 18.4 Å². The number of hydrogen-bond acceptors (Lipinski definition) is 3. The maximum absolute atomic E-state index is 13.7. The maximum Gasteiger partial charge on any atom is 0.347 e. The Morgan fingerprint density at radius 1 is 0.688 bits per heavy atom. The van der Waals surface area contributed by atoms with Crippen LogP contribution < -0.4 is 0 Å². The molecule has 2 aromatic rings. The predicted molar refractivity (Wildman–Crippen MR) is 114 cm³/mol. The lowest BCUT2D eigenvalue weighted by molar-refractivity contribution is -0.149. The van der Waals surface area contributed by atoms with E-state index in [0.717, 1.165) is 31.3 Å². The number of benzene rings is 2. The number of hydrogen-bond donors (Lipinski definition) is 0. The molecule has 1 saturated heterocycles. The molecule has 0 spiro atoms. The van der Waals surface area contributed by atoms with Gasteiger partial charge in [-0.15, -0.1) is 0 Å². The molecule has 0 unspecified atom stereocenters. The van der Waals surface area contributed by atoms with E-state index in [1.165, 1.54) is 30.7 Å². The van der Waals surface area contributed by atoms with Gasteiger partial charge in [-0.25, -0.2) is 18.4 Å². The minimum Gasteiger partial charge on any atom is -0.386 e. The zero-order valence-electron chi connectivity index (χ0n) is 17.4. The Labute approximate surface area is 184 Å². The van der Waals surface area contributed by atoms with Crippen molar-refractivity contribution in [3.8, 4) is 0 Å².